The third-order valence-corrected chi connectivity index (χ3v) is 6.03. The predicted octanol–water partition coefficient (Wildman–Crippen LogP) is 3.58. The number of nitrogens with one attached hydrogen (secondary N) is 1. The van der Waals surface area contributed by atoms with Gasteiger partial charge in [-0.25, -0.2) is 4.68 Å². The van der Waals surface area contributed by atoms with Crippen molar-refractivity contribution in [3.05, 3.63) is 58.1 Å². The smallest absolute Gasteiger partial charge is 0.270 e. The van der Waals surface area contributed by atoms with Gasteiger partial charge in [-0.2, -0.15) is 5.10 Å². The zero-order chi connectivity index (χ0) is 22.2. The van der Waals surface area contributed by atoms with Crippen LogP contribution in [-0.2, 0) is 12.0 Å². The fourth-order valence-electron chi connectivity index (χ4n) is 4.06. The average molecular weight is 423 g/mol. The largest absolute Gasteiger partial charge is 0.497 e. The number of aromatic nitrogens is 3. The number of nitrogens with zero attached hydrogens (tertiary/aromatic N) is 3. The molecule has 1 aromatic carbocycles. The van der Waals surface area contributed by atoms with Crippen molar-refractivity contribution in [3.63, 3.8) is 0 Å². The first-order valence-corrected chi connectivity index (χ1v) is 10.8. The summed E-state index contributed by atoms with van der Waals surface area (Å²) in [6, 6.07) is 11.1. The monoisotopic (exact) mass is 422 g/mol. The second kappa shape index (κ2) is 8.21. The van der Waals surface area contributed by atoms with Crippen LogP contribution in [0.5, 0.6) is 5.75 Å². The molecule has 164 valence electrons. The Morgan fingerprint density at radius 1 is 1.16 bits per heavy atom. The molecule has 0 unspecified atom stereocenters. The maximum absolute atomic E-state index is 13.0. The maximum Gasteiger partial charge on any atom is 0.270 e. The number of benzene rings is 1. The Morgan fingerprint density at radius 3 is 2.58 bits per heavy atom. The fourth-order valence-corrected chi connectivity index (χ4v) is 4.06. The first kappa shape index (κ1) is 21.2. The Balaban J connectivity index is 1.41. The number of hydrogen-bond acceptors (Lipinski definition) is 4. The number of carbonyl (C=O) groups is 1. The van der Waals surface area contributed by atoms with Crippen molar-refractivity contribution in [2.24, 2.45) is 5.92 Å². The number of carbonyl (C=O) groups excluding carboxylic acids is 1. The van der Waals surface area contributed by atoms with Gasteiger partial charge in [-0.3, -0.25) is 9.59 Å². The molecule has 1 fully saturated rings. The lowest BCUT2D eigenvalue weighted by Crippen LogP contribution is -2.40. The zero-order valence-electron chi connectivity index (χ0n) is 18.6. The molecule has 0 aliphatic carbocycles. The summed E-state index contributed by atoms with van der Waals surface area (Å²) >= 11 is 0. The third-order valence-electron chi connectivity index (χ3n) is 6.03. The van der Waals surface area contributed by atoms with E-state index in [1.807, 2.05) is 35.2 Å². The van der Waals surface area contributed by atoms with E-state index in [1.54, 1.807) is 17.9 Å². The van der Waals surface area contributed by atoms with Crippen molar-refractivity contribution in [1.82, 2.24) is 19.7 Å². The molecule has 0 bridgehead atoms. The van der Waals surface area contributed by atoms with Crippen LogP contribution in [0.2, 0.25) is 0 Å². The maximum atomic E-state index is 13.0. The number of methoxy groups -OCH3 is 1. The van der Waals surface area contributed by atoms with E-state index in [9.17, 15) is 9.59 Å². The van der Waals surface area contributed by atoms with Crippen molar-refractivity contribution in [3.8, 4) is 5.75 Å². The molecule has 1 aliphatic heterocycles. The lowest BCUT2D eigenvalue weighted by atomic mass is 9.92. The first-order valence-electron chi connectivity index (χ1n) is 10.8. The van der Waals surface area contributed by atoms with Gasteiger partial charge < -0.3 is 14.6 Å². The summed E-state index contributed by atoms with van der Waals surface area (Å²) in [5.41, 5.74) is 2.23. The second-order valence-corrected chi connectivity index (χ2v) is 9.36. The summed E-state index contributed by atoms with van der Waals surface area (Å²) in [6.45, 7) is 8.22. The average Bonchev–Trinajstić information content (AvgIpc) is 3.17. The summed E-state index contributed by atoms with van der Waals surface area (Å²) in [5, 5.41) is 5.58. The minimum atomic E-state index is -0.102. The van der Waals surface area contributed by atoms with E-state index in [0.29, 0.717) is 31.2 Å². The Hall–Kier alpha value is -3.09. The number of rotatable bonds is 4. The van der Waals surface area contributed by atoms with Crippen LogP contribution in [0.4, 0.5) is 0 Å². The summed E-state index contributed by atoms with van der Waals surface area (Å²) < 4.78 is 6.85. The fraction of sp³-hybridized carbons (Fsp3) is 0.458. The molecular weight excluding hydrogens is 392 g/mol. The first-order chi connectivity index (χ1) is 14.7. The van der Waals surface area contributed by atoms with Gasteiger partial charge >= 0.3 is 0 Å². The van der Waals surface area contributed by atoms with Crippen LogP contribution in [0.1, 0.15) is 49.8 Å². The van der Waals surface area contributed by atoms with Gasteiger partial charge in [-0.05, 0) is 43.0 Å². The van der Waals surface area contributed by atoms with Gasteiger partial charge in [0.2, 0.25) is 0 Å². The Labute approximate surface area is 182 Å². The summed E-state index contributed by atoms with van der Waals surface area (Å²) in [5.74, 6) is 1.10. The van der Waals surface area contributed by atoms with Crippen molar-refractivity contribution >= 4 is 16.8 Å². The standard InChI is InChI=1S/C24H30N4O3/c1-24(2,3)21-7-8-22(29)28(26-21)15-16-9-11-27(12-10-16)23(30)20-13-17-5-6-18(31-4)14-19(17)25-20/h5-8,13-14,16,25H,9-12,15H2,1-4H3. The molecule has 0 atom stereocenters. The highest BCUT2D eigenvalue weighted by molar-refractivity contribution is 5.98. The number of ether oxygens (including phenoxy) is 1. The molecule has 31 heavy (non-hydrogen) atoms. The second-order valence-electron chi connectivity index (χ2n) is 9.36. The highest BCUT2D eigenvalue weighted by Crippen LogP contribution is 2.24. The molecule has 4 rings (SSSR count). The van der Waals surface area contributed by atoms with E-state index in [0.717, 1.165) is 35.2 Å². The van der Waals surface area contributed by atoms with E-state index in [1.165, 1.54) is 0 Å². The highest BCUT2D eigenvalue weighted by atomic mass is 16.5. The van der Waals surface area contributed by atoms with Gasteiger partial charge in [-0.1, -0.05) is 20.8 Å². The highest BCUT2D eigenvalue weighted by Gasteiger charge is 2.26. The molecule has 7 nitrogen and oxygen atoms in total. The van der Waals surface area contributed by atoms with E-state index in [4.69, 9.17) is 4.74 Å². The zero-order valence-corrected chi connectivity index (χ0v) is 18.6. The molecule has 3 aromatic rings. The van der Waals surface area contributed by atoms with Crippen molar-refractivity contribution in [1.29, 1.82) is 0 Å². The number of amides is 1. The van der Waals surface area contributed by atoms with Gasteiger partial charge in [0, 0.05) is 48.1 Å². The molecule has 1 N–H and O–H groups in total. The molecular formula is C24H30N4O3. The van der Waals surface area contributed by atoms with Crippen LogP contribution < -0.4 is 10.3 Å². The topological polar surface area (TPSA) is 80.2 Å². The lowest BCUT2D eigenvalue weighted by molar-refractivity contribution is 0.0675. The summed E-state index contributed by atoms with van der Waals surface area (Å²) in [7, 11) is 1.63. The minimum Gasteiger partial charge on any atom is -0.497 e. The van der Waals surface area contributed by atoms with E-state index in [-0.39, 0.29) is 16.9 Å². The number of fused-ring (bicyclic) bond motifs is 1. The van der Waals surface area contributed by atoms with E-state index < -0.39 is 0 Å². The van der Waals surface area contributed by atoms with Crippen molar-refractivity contribution < 1.29 is 9.53 Å². The Bertz CT molecular complexity index is 1150. The predicted molar refractivity (Wildman–Crippen MR) is 121 cm³/mol. The minimum absolute atomic E-state index is 0.0126. The quantitative estimate of drug-likeness (QED) is 0.697. The van der Waals surface area contributed by atoms with Gasteiger partial charge in [0.15, 0.2) is 0 Å². The van der Waals surface area contributed by atoms with E-state index in [2.05, 4.69) is 30.9 Å². The Kier molecular flexibility index (Phi) is 5.60. The van der Waals surface area contributed by atoms with Crippen LogP contribution in [-0.4, -0.2) is 45.8 Å². The molecule has 2 aromatic heterocycles. The van der Waals surface area contributed by atoms with Crippen molar-refractivity contribution in [2.75, 3.05) is 20.2 Å². The number of piperidine rings is 1. The number of aromatic amines is 1. The van der Waals surface area contributed by atoms with E-state index >= 15 is 0 Å². The third kappa shape index (κ3) is 4.50. The van der Waals surface area contributed by atoms with Gasteiger partial charge in [-0.15, -0.1) is 0 Å². The molecule has 1 aliphatic rings. The van der Waals surface area contributed by atoms with Crippen LogP contribution in [0.25, 0.3) is 10.9 Å². The molecule has 0 spiro atoms. The number of likely N-dealkylation sites (tertiary alicyclic amines) is 1. The molecule has 1 amide bonds. The molecule has 0 saturated carbocycles. The molecule has 7 heteroatoms. The van der Waals surface area contributed by atoms with Gasteiger partial charge in [0.25, 0.3) is 11.5 Å². The van der Waals surface area contributed by atoms with Crippen molar-refractivity contribution in [2.45, 2.75) is 45.6 Å². The van der Waals surface area contributed by atoms with Crippen LogP contribution in [0, 0.1) is 5.92 Å². The number of hydrogen-bond donors (Lipinski definition) is 1. The lowest BCUT2D eigenvalue weighted by Gasteiger charge is -2.32. The van der Waals surface area contributed by atoms with Crippen LogP contribution in [0.15, 0.2) is 41.2 Å². The van der Waals surface area contributed by atoms with Gasteiger partial charge in [0.05, 0.1) is 12.8 Å². The van der Waals surface area contributed by atoms with Gasteiger partial charge in [0.1, 0.15) is 11.4 Å². The van der Waals surface area contributed by atoms with Crippen LogP contribution >= 0.6 is 0 Å². The molecule has 3 heterocycles. The molecule has 0 radical (unpaired) electrons. The normalized spacial score (nSPS) is 15.4. The number of H-pyrrole nitrogens is 1. The molecule has 1 saturated heterocycles. The Morgan fingerprint density at radius 2 is 1.90 bits per heavy atom. The SMILES string of the molecule is COc1ccc2cc(C(=O)N3CCC(Cn4nc(C(C)(C)C)ccc4=O)CC3)[nH]c2c1. The van der Waals surface area contributed by atoms with Crippen LogP contribution in [0.3, 0.4) is 0 Å². The summed E-state index contributed by atoms with van der Waals surface area (Å²) in [6.07, 6.45) is 1.71. The summed E-state index contributed by atoms with van der Waals surface area (Å²) in [4.78, 5) is 30.4.